The van der Waals surface area contributed by atoms with Gasteiger partial charge in [0, 0.05) is 0 Å². The third-order valence-electron chi connectivity index (χ3n) is 1.05. The van der Waals surface area contributed by atoms with Crippen molar-refractivity contribution >= 4 is 7.48 Å². The smallest absolute Gasteiger partial charge is 0.295 e. The molecule has 0 N–H and O–H groups in total. The molecule has 0 aromatic heterocycles. The first-order valence-corrected chi connectivity index (χ1v) is 3.35. The molecular weight excluding hydrogens is 115 g/mol. The van der Waals surface area contributed by atoms with Gasteiger partial charge < -0.3 is 9.39 Å². The summed E-state index contributed by atoms with van der Waals surface area (Å²) in [5.41, 5.74) is 0. The van der Waals surface area contributed by atoms with E-state index in [1.807, 2.05) is 7.48 Å². The normalized spacial score (nSPS) is 24.6. The minimum Gasteiger partial charge on any atom is -0.437 e. The average Bonchev–Trinajstić information content (AvgIpc) is 2.48. The summed E-state index contributed by atoms with van der Waals surface area (Å²) in [6.45, 7) is 5.80. The van der Waals surface area contributed by atoms with Crippen LogP contribution in [-0.2, 0) is 9.39 Å². The van der Waals surface area contributed by atoms with Gasteiger partial charge in [0.25, 0.3) is 7.48 Å². The Balaban J connectivity index is 1.81. The Labute approximate surface area is 56.8 Å². The van der Waals surface area contributed by atoms with Crippen LogP contribution in [0, 0.1) is 0 Å². The SMILES string of the molecule is CC(C)[B]OCC1CO1. The molecule has 0 aliphatic carbocycles. The summed E-state index contributed by atoms with van der Waals surface area (Å²) in [5.74, 6) is 0.517. The standard InChI is InChI=1S/C6H12BO2/c1-5(2)7-9-4-6-3-8-6/h5-6H,3-4H2,1-2H3. The van der Waals surface area contributed by atoms with E-state index in [0.29, 0.717) is 11.9 Å². The van der Waals surface area contributed by atoms with Crippen molar-refractivity contribution in [3.05, 3.63) is 0 Å². The highest BCUT2D eigenvalue weighted by molar-refractivity contribution is 6.29. The molecule has 0 amide bonds. The fraction of sp³-hybridized carbons (Fsp3) is 1.00. The predicted molar refractivity (Wildman–Crippen MR) is 36.5 cm³/mol. The van der Waals surface area contributed by atoms with Crippen molar-refractivity contribution in [1.29, 1.82) is 0 Å². The maximum Gasteiger partial charge on any atom is 0.295 e. The Morgan fingerprint density at radius 2 is 2.44 bits per heavy atom. The molecule has 1 aliphatic rings. The molecule has 9 heavy (non-hydrogen) atoms. The van der Waals surface area contributed by atoms with E-state index in [1.54, 1.807) is 0 Å². The predicted octanol–water partition coefficient (Wildman–Crippen LogP) is 0.849. The number of epoxide rings is 1. The number of rotatable bonds is 4. The Morgan fingerprint density at radius 1 is 1.78 bits per heavy atom. The van der Waals surface area contributed by atoms with Gasteiger partial charge >= 0.3 is 0 Å². The summed E-state index contributed by atoms with van der Waals surface area (Å²) < 4.78 is 10.1. The van der Waals surface area contributed by atoms with Crippen LogP contribution >= 0.6 is 0 Å². The Morgan fingerprint density at radius 3 is 2.89 bits per heavy atom. The van der Waals surface area contributed by atoms with Gasteiger partial charge in [-0.3, -0.25) is 0 Å². The lowest BCUT2D eigenvalue weighted by molar-refractivity contribution is 0.270. The van der Waals surface area contributed by atoms with Crippen LogP contribution in [-0.4, -0.2) is 26.8 Å². The second-order valence-corrected chi connectivity index (χ2v) is 2.67. The minimum atomic E-state index is 0.389. The number of hydrogen-bond donors (Lipinski definition) is 0. The summed E-state index contributed by atoms with van der Waals surface area (Å²) >= 11 is 0. The molecule has 1 fully saturated rings. The zero-order valence-electron chi connectivity index (χ0n) is 5.96. The van der Waals surface area contributed by atoms with Crippen LogP contribution in [0.3, 0.4) is 0 Å². The first-order chi connectivity index (χ1) is 4.29. The minimum absolute atomic E-state index is 0.389. The molecule has 0 saturated carbocycles. The van der Waals surface area contributed by atoms with Gasteiger partial charge in [-0.25, -0.2) is 0 Å². The second-order valence-electron chi connectivity index (χ2n) is 2.67. The van der Waals surface area contributed by atoms with Crippen molar-refractivity contribution in [3.63, 3.8) is 0 Å². The molecule has 3 heteroatoms. The van der Waals surface area contributed by atoms with Crippen LogP contribution in [0.5, 0.6) is 0 Å². The highest BCUT2D eigenvalue weighted by Gasteiger charge is 2.22. The number of hydrogen-bond acceptors (Lipinski definition) is 2. The molecule has 0 bridgehead atoms. The van der Waals surface area contributed by atoms with Gasteiger partial charge in [0.15, 0.2) is 0 Å². The summed E-state index contributed by atoms with van der Waals surface area (Å²) in [5, 5.41) is 0. The highest BCUT2D eigenvalue weighted by Crippen LogP contribution is 2.09. The average molecular weight is 127 g/mol. The van der Waals surface area contributed by atoms with Crippen LogP contribution in [0.2, 0.25) is 5.82 Å². The van der Waals surface area contributed by atoms with Gasteiger partial charge in [-0.2, -0.15) is 0 Å². The van der Waals surface area contributed by atoms with E-state index in [2.05, 4.69) is 13.8 Å². The third kappa shape index (κ3) is 3.54. The number of ether oxygens (including phenoxy) is 1. The van der Waals surface area contributed by atoms with Crippen LogP contribution < -0.4 is 0 Å². The molecule has 1 atom stereocenters. The maximum atomic E-state index is 5.17. The van der Waals surface area contributed by atoms with Gasteiger partial charge in [0.2, 0.25) is 0 Å². The lowest BCUT2D eigenvalue weighted by atomic mass is 9.84. The van der Waals surface area contributed by atoms with Gasteiger partial charge in [0.1, 0.15) is 6.10 Å². The van der Waals surface area contributed by atoms with Crippen LogP contribution in [0.1, 0.15) is 13.8 Å². The molecular formula is C6H12BO2. The van der Waals surface area contributed by atoms with Crippen molar-refractivity contribution in [2.45, 2.75) is 25.8 Å². The van der Waals surface area contributed by atoms with Crippen molar-refractivity contribution in [1.82, 2.24) is 0 Å². The van der Waals surface area contributed by atoms with Gasteiger partial charge in [0.05, 0.1) is 13.2 Å². The fourth-order valence-corrected chi connectivity index (χ4v) is 0.520. The summed E-state index contributed by atoms with van der Waals surface area (Å²) in [6.07, 6.45) is 0.389. The lowest BCUT2D eigenvalue weighted by Gasteiger charge is -2.00. The van der Waals surface area contributed by atoms with Crippen LogP contribution in [0.15, 0.2) is 0 Å². The second kappa shape index (κ2) is 3.23. The molecule has 1 aliphatic heterocycles. The molecule has 51 valence electrons. The van der Waals surface area contributed by atoms with Crippen molar-refractivity contribution < 1.29 is 9.39 Å². The Kier molecular flexibility index (Phi) is 2.55. The van der Waals surface area contributed by atoms with Crippen molar-refractivity contribution in [2.24, 2.45) is 0 Å². The van der Waals surface area contributed by atoms with E-state index in [0.717, 1.165) is 13.2 Å². The van der Waals surface area contributed by atoms with Gasteiger partial charge in [-0.05, 0) is 5.82 Å². The third-order valence-corrected chi connectivity index (χ3v) is 1.05. The van der Waals surface area contributed by atoms with Gasteiger partial charge in [-0.15, -0.1) is 0 Å². The molecule has 0 aromatic rings. The summed E-state index contributed by atoms with van der Waals surface area (Å²) in [7, 11) is 1.85. The summed E-state index contributed by atoms with van der Waals surface area (Å²) in [4.78, 5) is 0. The molecule has 1 rings (SSSR count). The Bertz CT molecular complexity index is 79.1. The van der Waals surface area contributed by atoms with E-state index in [-0.39, 0.29) is 0 Å². The topological polar surface area (TPSA) is 21.8 Å². The lowest BCUT2D eigenvalue weighted by Crippen LogP contribution is -2.07. The van der Waals surface area contributed by atoms with Crippen LogP contribution in [0.25, 0.3) is 0 Å². The van der Waals surface area contributed by atoms with Crippen molar-refractivity contribution in [2.75, 3.05) is 13.2 Å². The molecule has 1 saturated heterocycles. The first-order valence-electron chi connectivity index (χ1n) is 3.35. The largest absolute Gasteiger partial charge is 0.437 e. The zero-order valence-corrected chi connectivity index (χ0v) is 5.96. The highest BCUT2D eigenvalue weighted by atomic mass is 16.6. The van der Waals surface area contributed by atoms with E-state index < -0.39 is 0 Å². The van der Waals surface area contributed by atoms with Crippen LogP contribution in [0.4, 0.5) is 0 Å². The molecule has 1 unspecified atom stereocenters. The Hall–Kier alpha value is -0.0151. The van der Waals surface area contributed by atoms with E-state index in [1.165, 1.54) is 0 Å². The summed E-state index contributed by atoms with van der Waals surface area (Å²) in [6, 6.07) is 0. The first kappa shape index (κ1) is 7.10. The molecule has 0 aromatic carbocycles. The molecule has 1 heterocycles. The van der Waals surface area contributed by atoms with E-state index in [9.17, 15) is 0 Å². The van der Waals surface area contributed by atoms with E-state index in [4.69, 9.17) is 9.39 Å². The maximum absolute atomic E-state index is 5.17. The molecule has 0 spiro atoms. The quantitative estimate of drug-likeness (QED) is 0.412. The van der Waals surface area contributed by atoms with E-state index >= 15 is 0 Å². The fourth-order valence-electron chi connectivity index (χ4n) is 0.520. The zero-order chi connectivity index (χ0) is 6.69. The molecule has 2 nitrogen and oxygen atoms in total. The van der Waals surface area contributed by atoms with Gasteiger partial charge in [-0.1, -0.05) is 13.8 Å². The molecule has 1 radical (unpaired) electrons. The van der Waals surface area contributed by atoms with Crippen molar-refractivity contribution in [3.8, 4) is 0 Å². The monoisotopic (exact) mass is 127 g/mol.